The van der Waals surface area contributed by atoms with Crippen LogP contribution in [0.1, 0.15) is 96.2 Å². The number of H-pyrrole nitrogens is 2. The topological polar surface area (TPSA) is 754 Å². The Kier molecular flexibility index (Phi) is 38.4. The van der Waals surface area contributed by atoms with Crippen molar-refractivity contribution >= 4 is 118 Å². The van der Waals surface area contributed by atoms with Crippen molar-refractivity contribution in [2.45, 2.75) is 164 Å². The molecular weight excluding hydrogens is 1410 g/mol. The van der Waals surface area contributed by atoms with Gasteiger partial charge in [-0.05, 0) is 90.2 Å². The van der Waals surface area contributed by atoms with Crippen molar-refractivity contribution in [1.29, 1.82) is 10.8 Å². The van der Waals surface area contributed by atoms with Gasteiger partial charge in [-0.1, -0.05) is 18.2 Å². The molecule has 17 amide bonds. The number of hydrogen-bond acceptors (Lipinski definition) is 21. The number of rotatable bonds is 49. The number of nitrogens with one attached hydrogen (secondary N) is 20. The third-order valence-corrected chi connectivity index (χ3v) is 15.8. The number of aromatic nitrogens is 3. The Morgan fingerprint density at radius 1 is 0.458 bits per heavy atom. The van der Waals surface area contributed by atoms with E-state index in [1.807, 2.05) is 0 Å². The number of nitrogens with two attached hydrogens (primary N) is 6. The number of carboxylic acids is 1. The maximum Gasteiger partial charge on any atom is 0.325 e. The Morgan fingerprint density at radius 2 is 0.879 bits per heavy atom. The number of fused-ring (bicyclic) bond motifs is 1. The van der Waals surface area contributed by atoms with Crippen LogP contribution in [0.3, 0.4) is 0 Å². The van der Waals surface area contributed by atoms with E-state index in [1.165, 1.54) is 33.3 Å². The second kappa shape index (κ2) is 46.3. The van der Waals surface area contributed by atoms with Crippen LogP contribution >= 0.6 is 0 Å². The molecule has 3 rings (SSSR count). The molecule has 0 unspecified atom stereocenters. The highest BCUT2D eigenvalue weighted by molar-refractivity contribution is 5.99. The van der Waals surface area contributed by atoms with Crippen LogP contribution in [0.5, 0.6) is 0 Å². The average molecular weight is 1510 g/mol. The molecule has 0 saturated heterocycles. The fourth-order valence-corrected chi connectivity index (χ4v) is 9.98. The number of aliphatic hydroxyl groups is 1. The van der Waals surface area contributed by atoms with Crippen molar-refractivity contribution in [3.05, 3.63) is 54.2 Å². The molecule has 0 aliphatic rings. The predicted molar refractivity (Wildman–Crippen MR) is 380 cm³/mol. The summed E-state index contributed by atoms with van der Waals surface area (Å²) in [4.78, 5) is 220. The fourth-order valence-electron chi connectivity index (χ4n) is 9.98. The monoisotopic (exact) mass is 1510 g/mol. The Balaban J connectivity index is 1.84. The number of urea groups is 2. The summed E-state index contributed by atoms with van der Waals surface area (Å²) < 4.78 is 0. The number of carboxylic acid groups (broad SMARTS) is 1. The lowest BCUT2D eigenvalue weighted by molar-refractivity contribution is -0.141. The smallest absolute Gasteiger partial charge is 0.325 e. The molecule has 2 aromatic heterocycles. The fraction of sp³-hybridized carbons (Fsp3) is 0.532. The van der Waals surface area contributed by atoms with Gasteiger partial charge in [0.1, 0.15) is 60.4 Å². The Labute approximate surface area is 612 Å². The summed E-state index contributed by atoms with van der Waals surface area (Å²) in [5.41, 5.74) is 34.4. The summed E-state index contributed by atoms with van der Waals surface area (Å²) in [6, 6.07) is -11.1. The van der Waals surface area contributed by atoms with Gasteiger partial charge in [-0.15, -0.1) is 0 Å². The highest BCUT2D eigenvalue weighted by atomic mass is 16.4. The Hall–Kier alpha value is -12.5. The number of para-hydroxylation sites is 1. The van der Waals surface area contributed by atoms with Crippen molar-refractivity contribution in [1.82, 2.24) is 100 Å². The van der Waals surface area contributed by atoms with E-state index in [-0.39, 0.29) is 103 Å². The molecule has 0 bridgehead atoms. The molecule has 0 spiro atoms. The number of aliphatic carboxylic acids is 1. The molecule has 0 aliphatic carbocycles. The number of imidazole rings is 1. The van der Waals surface area contributed by atoms with Gasteiger partial charge in [0.2, 0.25) is 76.8 Å². The highest BCUT2D eigenvalue weighted by Gasteiger charge is 2.35. The maximum atomic E-state index is 14.7. The summed E-state index contributed by atoms with van der Waals surface area (Å²) in [5, 5.41) is 73.8. The third-order valence-electron chi connectivity index (χ3n) is 15.8. The molecule has 11 atom stereocenters. The van der Waals surface area contributed by atoms with Gasteiger partial charge in [0.25, 0.3) is 0 Å². The van der Waals surface area contributed by atoms with E-state index in [0.29, 0.717) is 22.2 Å². The molecule has 34 N–H and O–H groups in total. The number of aliphatic hydroxyl groups excluding tert-OH is 1. The standard InChI is InChI=1S/C62H99N27O18/c1-30(48(94)82-32(3)58(104)105)80-52(98)40(15-9-21-75-62(70)107)87-57(103)44(28-90)89-54(100)39(13-6-18-72-59(65)66)83-47(93)27-77-46(92)26-78-51(97)38(12-8-20-74-61(69)106)85-55(101)41(14-7-19-73-60(67)68)86-56(102)43(22-33-24-76-37-11-5-4-10-35(33)37)88-49(95)31(2)81-53(99)42(16-17-45(64)91)84-50(96)36(63)23-34-25-71-29-79-34/h4-5,10-11,24-25,29-32,36,38-44,76,90H,6-9,12-23,26-28,63H2,1-3H3,(H2,64,91)(H,71,79)(H,77,92)(H,78,97)(H,80,98)(H,81,99)(H,82,94)(H,83,93)(H,84,96)(H,85,101)(H,86,102)(H,87,103)(H,88,95)(H,89,100)(H,104,105)(H4,65,66,72)(H4,67,68,73)(H3,69,74,106)(H3,70,75,107)/t30-,31-,32-,36-,38-,39-,40-,41-,42-,43-,44-/m0/s1. The maximum absolute atomic E-state index is 14.7. The van der Waals surface area contributed by atoms with Gasteiger partial charge in [0.15, 0.2) is 11.9 Å². The van der Waals surface area contributed by atoms with Crippen molar-refractivity contribution in [3.8, 4) is 0 Å². The third kappa shape index (κ3) is 34.1. The van der Waals surface area contributed by atoms with E-state index in [0.717, 1.165) is 0 Å². The lowest BCUT2D eigenvalue weighted by Crippen LogP contribution is -2.59. The van der Waals surface area contributed by atoms with E-state index in [9.17, 15) is 86.9 Å². The van der Waals surface area contributed by atoms with E-state index in [2.05, 4.69) is 100 Å². The number of primary amides is 3. The van der Waals surface area contributed by atoms with Gasteiger partial charge in [0, 0.05) is 74.4 Å². The largest absolute Gasteiger partial charge is 0.480 e. The molecule has 2 heterocycles. The van der Waals surface area contributed by atoms with Gasteiger partial charge in [0.05, 0.1) is 32.1 Å². The predicted octanol–water partition coefficient (Wildman–Crippen LogP) is -10.1. The molecular formula is C62H99N27O18. The molecule has 1 aromatic carbocycles. The minimum Gasteiger partial charge on any atom is -0.480 e. The molecule has 590 valence electrons. The van der Waals surface area contributed by atoms with Gasteiger partial charge < -0.3 is 140 Å². The quantitative estimate of drug-likeness (QED) is 0.0142. The average Bonchev–Trinajstić information content (AvgIpc) is 1.71. The molecule has 0 radical (unpaired) electrons. The number of aromatic amines is 2. The van der Waals surface area contributed by atoms with E-state index >= 15 is 0 Å². The van der Waals surface area contributed by atoms with Crippen molar-refractivity contribution in [3.63, 3.8) is 0 Å². The summed E-state index contributed by atoms with van der Waals surface area (Å²) in [7, 11) is 0. The number of nitrogens with zero attached hydrogens (tertiary/aromatic N) is 1. The lowest BCUT2D eigenvalue weighted by atomic mass is 10.0. The number of guanidine groups is 2. The number of amides is 17. The summed E-state index contributed by atoms with van der Waals surface area (Å²) in [5.74, 6) is -14.9. The van der Waals surface area contributed by atoms with Gasteiger partial charge in [-0.2, -0.15) is 0 Å². The van der Waals surface area contributed by atoms with Crippen LogP contribution in [0, 0.1) is 10.8 Å². The van der Waals surface area contributed by atoms with E-state index in [4.69, 9.17) is 45.2 Å². The second-order valence-electron chi connectivity index (χ2n) is 24.5. The van der Waals surface area contributed by atoms with Gasteiger partial charge in [-0.25, -0.2) is 14.6 Å². The first kappa shape index (κ1) is 88.8. The van der Waals surface area contributed by atoms with Crippen molar-refractivity contribution in [2.75, 3.05) is 45.9 Å². The summed E-state index contributed by atoms with van der Waals surface area (Å²) in [6.45, 7) is 0.598. The van der Waals surface area contributed by atoms with E-state index < -0.39 is 193 Å². The zero-order chi connectivity index (χ0) is 79.9. The minimum atomic E-state index is -1.82. The van der Waals surface area contributed by atoms with Crippen LogP contribution in [0.25, 0.3) is 10.9 Å². The molecule has 3 aromatic rings. The van der Waals surface area contributed by atoms with Crippen molar-refractivity contribution < 1.29 is 86.9 Å². The van der Waals surface area contributed by atoms with Crippen LogP contribution in [-0.4, -0.2) is 244 Å². The SMILES string of the molecule is C[C@H](NC(=O)[C@H](C)NC(=O)[C@H](CCCNC(N)=O)NC(=O)[C@H](CO)NC(=O)[C@H](CCCNC(=N)N)NC(=O)CNC(=O)CNC(=O)[C@H](CCCNC(N)=O)NC(=O)[C@H](CCCNC(=N)N)NC(=O)[C@H](Cc1c[nH]c2ccccc12)NC(=O)[C@H](C)NC(=O)[C@H](CCC(N)=O)NC(=O)[C@@H](N)Cc1cnc[nH]1)C(=O)O. The summed E-state index contributed by atoms with van der Waals surface area (Å²) in [6.07, 6.45) is 2.59. The molecule has 107 heavy (non-hydrogen) atoms. The normalized spacial score (nSPS) is 13.9. The number of carbonyl (C=O) groups excluding carboxylic acids is 15. The van der Waals surface area contributed by atoms with Crippen molar-refractivity contribution in [2.24, 2.45) is 34.4 Å². The number of benzene rings is 1. The molecule has 45 nitrogen and oxygen atoms in total. The zero-order valence-corrected chi connectivity index (χ0v) is 59.2. The number of carbonyl (C=O) groups is 16. The van der Waals surface area contributed by atoms with Gasteiger partial charge in [-0.3, -0.25) is 77.9 Å². The molecule has 0 saturated carbocycles. The van der Waals surface area contributed by atoms with E-state index in [1.54, 1.807) is 30.5 Å². The Bertz CT molecular complexity index is 3590. The first-order valence-corrected chi connectivity index (χ1v) is 33.8. The van der Waals surface area contributed by atoms with Crippen LogP contribution in [0.4, 0.5) is 9.59 Å². The zero-order valence-electron chi connectivity index (χ0n) is 59.2. The van der Waals surface area contributed by atoms with Crippen LogP contribution in [0.2, 0.25) is 0 Å². The molecule has 45 heteroatoms. The molecule has 0 aliphatic heterocycles. The lowest BCUT2D eigenvalue weighted by Gasteiger charge is -2.27. The van der Waals surface area contributed by atoms with Crippen LogP contribution in [0.15, 0.2) is 43.0 Å². The highest BCUT2D eigenvalue weighted by Crippen LogP contribution is 2.20. The Morgan fingerprint density at radius 3 is 1.36 bits per heavy atom. The van der Waals surface area contributed by atoms with Crippen LogP contribution in [-0.2, 0) is 80.0 Å². The van der Waals surface area contributed by atoms with Gasteiger partial charge >= 0.3 is 18.0 Å². The first-order chi connectivity index (χ1) is 50.6. The molecule has 0 fully saturated rings. The second-order valence-corrected chi connectivity index (χ2v) is 24.5. The van der Waals surface area contributed by atoms with Crippen LogP contribution < -0.4 is 119 Å². The first-order valence-electron chi connectivity index (χ1n) is 33.8. The number of hydrogen-bond donors (Lipinski definition) is 28. The summed E-state index contributed by atoms with van der Waals surface area (Å²) >= 11 is 0. The minimum absolute atomic E-state index is 0.00355.